The summed E-state index contributed by atoms with van der Waals surface area (Å²) in [6, 6.07) is 7.59. The van der Waals surface area contributed by atoms with Gasteiger partial charge in [0.15, 0.2) is 0 Å². The van der Waals surface area contributed by atoms with Gasteiger partial charge in [0.25, 0.3) is 5.91 Å². The minimum atomic E-state index is -1.01. The lowest BCUT2D eigenvalue weighted by atomic mass is 10.1. The van der Waals surface area contributed by atoms with Crippen LogP contribution in [0.2, 0.25) is 0 Å². The molecule has 6 heteroatoms. The molecule has 21 heavy (non-hydrogen) atoms. The lowest BCUT2D eigenvalue weighted by Gasteiger charge is -2.07. The van der Waals surface area contributed by atoms with Crippen molar-refractivity contribution in [1.29, 1.82) is 5.26 Å². The molecule has 0 unspecified atom stereocenters. The first-order valence-corrected chi connectivity index (χ1v) is 6.38. The fourth-order valence-corrected chi connectivity index (χ4v) is 1.57. The van der Waals surface area contributed by atoms with E-state index in [-0.39, 0.29) is 18.5 Å². The van der Waals surface area contributed by atoms with Crippen LogP contribution in [0.4, 0.5) is 5.69 Å². The van der Waals surface area contributed by atoms with Gasteiger partial charge in [0.2, 0.25) is 0 Å². The molecule has 110 valence electrons. The summed E-state index contributed by atoms with van der Waals surface area (Å²) in [5.74, 6) is -1.61. The van der Waals surface area contributed by atoms with Gasteiger partial charge in [0.1, 0.15) is 11.6 Å². The van der Waals surface area contributed by atoms with Crippen LogP contribution in [0.1, 0.15) is 17.5 Å². The molecule has 0 fully saturated rings. The molecule has 0 bridgehead atoms. The first-order chi connectivity index (χ1) is 9.93. The van der Waals surface area contributed by atoms with Crippen LogP contribution in [0.3, 0.4) is 0 Å². The van der Waals surface area contributed by atoms with Gasteiger partial charge in [-0.05, 0) is 31.0 Å². The van der Waals surface area contributed by atoms with Crippen LogP contribution in [0.15, 0.2) is 30.0 Å². The highest BCUT2D eigenvalue weighted by Gasteiger charge is 2.09. The number of carboxylic acids is 1. The number of carbonyl (C=O) groups is 2. The van der Waals surface area contributed by atoms with Crippen LogP contribution in [0, 0.1) is 25.2 Å². The molecule has 0 aliphatic rings. The third kappa shape index (κ3) is 5.37. The number of hydrogen-bond donors (Lipinski definition) is 3. The first-order valence-electron chi connectivity index (χ1n) is 6.38. The minimum absolute atomic E-state index is 0.0172. The highest BCUT2D eigenvalue weighted by molar-refractivity contribution is 5.97. The molecule has 0 heterocycles. The standard InChI is InChI=1S/C15H17N3O3/c1-10-3-4-11(2)13(7-10)18-9-12(8-16)15(21)17-6-5-14(19)20/h3-4,7,9,18H,5-6H2,1-2H3,(H,17,21)(H,19,20)/b12-9-. The molecule has 1 aromatic rings. The Labute approximate surface area is 123 Å². The summed E-state index contributed by atoms with van der Waals surface area (Å²) in [7, 11) is 0. The second-order valence-corrected chi connectivity index (χ2v) is 4.53. The van der Waals surface area contributed by atoms with Gasteiger partial charge < -0.3 is 15.7 Å². The van der Waals surface area contributed by atoms with Crippen molar-refractivity contribution < 1.29 is 14.7 Å². The van der Waals surface area contributed by atoms with E-state index in [4.69, 9.17) is 10.4 Å². The maximum absolute atomic E-state index is 11.7. The Morgan fingerprint density at radius 3 is 2.71 bits per heavy atom. The number of aliphatic carboxylic acids is 1. The summed E-state index contributed by atoms with van der Waals surface area (Å²) < 4.78 is 0. The van der Waals surface area contributed by atoms with Crippen molar-refractivity contribution in [3.05, 3.63) is 41.1 Å². The van der Waals surface area contributed by atoms with E-state index in [0.29, 0.717) is 0 Å². The van der Waals surface area contributed by atoms with E-state index in [2.05, 4.69) is 10.6 Å². The molecule has 0 saturated heterocycles. The Kier molecular flexibility index (Phi) is 5.96. The number of nitriles is 1. The Morgan fingerprint density at radius 1 is 1.38 bits per heavy atom. The Hall–Kier alpha value is -2.81. The monoisotopic (exact) mass is 287 g/mol. The Balaban J connectivity index is 2.71. The largest absolute Gasteiger partial charge is 0.481 e. The third-order valence-electron chi connectivity index (χ3n) is 2.75. The molecular weight excluding hydrogens is 270 g/mol. The summed E-state index contributed by atoms with van der Waals surface area (Å²) >= 11 is 0. The first kappa shape index (κ1) is 16.2. The van der Waals surface area contributed by atoms with Gasteiger partial charge in [-0.2, -0.15) is 5.26 Å². The number of amides is 1. The molecule has 6 nitrogen and oxygen atoms in total. The number of benzene rings is 1. The summed E-state index contributed by atoms with van der Waals surface area (Å²) in [6.07, 6.45) is 1.13. The molecule has 0 radical (unpaired) electrons. The van der Waals surface area contributed by atoms with Crippen molar-refractivity contribution in [3.8, 4) is 6.07 Å². The van der Waals surface area contributed by atoms with Crippen LogP contribution in [-0.4, -0.2) is 23.5 Å². The molecule has 0 saturated carbocycles. The molecule has 0 aliphatic carbocycles. The quantitative estimate of drug-likeness (QED) is 0.546. The van der Waals surface area contributed by atoms with Crippen LogP contribution in [-0.2, 0) is 9.59 Å². The number of hydrogen-bond acceptors (Lipinski definition) is 4. The summed E-state index contributed by atoms with van der Waals surface area (Å²) in [6.45, 7) is 3.84. The normalized spacial score (nSPS) is 10.6. The molecule has 0 aromatic heterocycles. The maximum Gasteiger partial charge on any atom is 0.305 e. The third-order valence-corrected chi connectivity index (χ3v) is 2.75. The van der Waals surface area contributed by atoms with Crippen LogP contribution >= 0.6 is 0 Å². The van der Waals surface area contributed by atoms with Gasteiger partial charge in [-0.25, -0.2) is 0 Å². The lowest BCUT2D eigenvalue weighted by Crippen LogP contribution is -2.27. The smallest absolute Gasteiger partial charge is 0.305 e. The van der Waals surface area contributed by atoms with Gasteiger partial charge in [-0.15, -0.1) is 0 Å². The molecular formula is C15H17N3O3. The van der Waals surface area contributed by atoms with Crippen molar-refractivity contribution >= 4 is 17.6 Å². The summed E-state index contributed by atoms with van der Waals surface area (Å²) in [5, 5.41) is 22.8. The number of aryl methyl sites for hydroxylation is 2. The van der Waals surface area contributed by atoms with Crippen molar-refractivity contribution in [2.75, 3.05) is 11.9 Å². The van der Waals surface area contributed by atoms with Crippen LogP contribution in [0.25, 0.3) is 0 Å². The average Bonchev–Trinajstić information content (AvgIpc) is 2.42. The number of rotatable bonds is 6. The zero-order chi connectivity index (χ0) is 15.8. The average molecular weight is 287 g/mol. The second-order valence-electron chi connectivity index (χ2n) is 4.53. The van der Waals surface area contributed by atoms with Crippen molar-refractivity contribution in [2.24, 2.45) is 0 Å². The topological polar surface area (TPSA) is 102 Å². The predicted molar refractivity (Wildman–Crippen MR) is 78.5 cm³/mol. The zero-order valence-corrected chi connectivity index (χ0v) is 11.9. The highest BCUT2D eigenvalue weighted by atomic mass is 16.4. The van der Waals surface area contributed by atoms with E-state index < -0.39 is 11.9 Å². The van der Waals surface area contributed by atoms with Crippen molar-refractivity contribution in [1.82, 2.24) is 5.32 Å². The van der Waals surface area contributed by atoms with E-state index in [1.165, 1.54) is 6.20 Å². The lowest BCUT2D eigenvalue weighted by molar-refractivity contribution is -0.136. The number of carboxylic acid groups (broad SMARTS) is 1. The summed E-state index contributed by atoms with van der Waals surface area (Å²) in [4.78, 5) is 22.1. The molecule has 0 spiro atoms. The van der Waals surface area contributed by atoms with Crippen LogP contribution < -0.4 is 10.6 Å². The minimum Gasteiger partial charge on any atom is -0.481 e. The number of anilines is 1. The molecule has 1 aromatic carbocycles. The molecule has 0 atom stereocenters. The molecule has 3 N–H and O–H groups in total. The van der Waals surface area contributed by atoms with E-state index >= 15 is 0 Å². The second kappa shape index (κ2) is 7.70. The van der Waals surface area contributed by atoms with Gasteiger partial charge in [0.05, 0.1) is 6.42 Å². The number of nitrogens with one attached hydrogen (secondary N) is 2. The van der Waals surface area contributed by atoms with E-state index in [1.54, 1.807) is 6.07 Å². The van der Waals surface area contributed by atoms with Gasteiger partial charge in [-0.1, -0.05) is 12.1 Å². The molecule has 0 aliphatic heterocycles. The maximum atomic E-state index is 11.7. The summed E-state index contributed by atoms with van der Waals surface area (Å²) in [5.41, 5.74) is 2.74. The van der Waals surface area contributed by atoms with E-state index in [9.17, 15) is 9.59 Å². The van der Waals surface area contributed by atoms with Crippen molar-refractivity contribution in [3.63, 3.8) is 0 Å². The van der Waals surface area contributed by atoms with Crippen molar-refractivity contribution in [2.45, 2.75) is 20.3 Å². The van der Waals surface area contributed by atoms with E-state index in [0.717, 1.165) is 16.8 Å². The van der Waals surface area contributed by atoms with Crippen LogP contribution in [0.5, 0.6) is 0 Å². The fourth-order valence-electron chi connectivity index (χ4n) is 1.57. The SMILES string of the molecule is Cc1ccc(C)c(N/C=C(/C#N)C(=O)NCCC(=O)O)c1. The number of carbonyl (C=O) groups excluding carboxylic acids is 1. The van der Waals surface area contributed by atoms with Gasteiger partial charge >= 0.3 is 5.97 Å². The zero-order valence-electron chi connectivity index (χ0n) is 11.9. The molecule has 1 rings (SSSR count). The van der Waals surface area contributed by atoms with Gasteiger partial charge in [-0.3, -0.25) is 9.59 Å². The van der Waals surface area contributed by atoms with Gasteiger partial charge in [0, 0.05) is 18.4 Å². The molecule has 1 amide bonds. The predicted octanol–water partition coefficient (Wildman–Crippen LogP) is 1.71. The Morgan fingerprint density at radius 2 is 2.10 bits per heavy atom. The fraction of sp³-hybridized carbons (Fsp3) is 0.267. The number of nitrogens with zero attached hydrogens (tertiary/aromatic N) is 1. The Bertz CT molecular complexity index is 615. The van der Waals surface area contributed by atoms with E-state index in [1.807, 2.05) is 32.0 Å². The highest BCUT2D eigenvalue weighted by Crippen LogP contribution is 2.16.